The standard InChI is InChI=1S/C28H32ClNO3/c1-4-5-15-33-24-11-9-20(10-12-24)19-30-14-13-21-17-26(31-2)27(32-3)18-25(21)28(30)22-7-6-8-23(29)16-22/h6-12,16-18,28H,4-5,13-15,19H2,1-3H3/t28-/m1/s1. The summed E-state index contributed by atoms with van der Waals surface area (Å²) in [5.41, 5.74) is 4.96. The molecule has 4 nitrogen and oxygen atoms in total. The van der Waals surface area contributed by atoms with E-state index >= 15 is 0 Å². The Morgan fingerprint density at radius 1 is 0.970 bits per heavy atom. The van der Waals surface area contributed by atoms with Crippen LogP contribution in [-0.2, 0) is 13.0 Å². The van der Waals surface area contributed by atoms with Gasteiger partial charge in [-0.15, -0.1) is 0 Å². The Hall–Kier alpha value is -2.69. The number of halogens is 1. The van der Waals surface area contributed by atoms with E-state index in [0.717, 1.165) is 61.2 Å². The van der Waals surface area contributed by atoms with Crippen LogP contribution < -0.4 is 14.2 Å². The molecule has 0 radical (unpaired) electrons. The van der Waals surface area contributed by atoms with E-state index in [0.29, 0.717) is 0 Å². The summed E-state index contributed by atoms with van der Waals surface area (Å²) < 4.78 is 17.0. The van der Waals surface area contributed by atoms with Crippen molar-refractivity contribution in [3.05, 3.63) is 87.9 Å². The zero-order valence-corrected chi connectivity index (χ0v) is 20.4. The first-order valence-corrected chi connectivity index (χ1v) is 12.0. The van der Waals surface area contributed by atoms with Gasteiger partial charge in [0.2, 0.25) is 0 Å². The molecule has 0 saturated heterocycles. The van der Waals surface area contributed by atoms with Crippen molar-refractivity contribution < 1.29 is 14.2 Å². The fourth-order valence-electron chi connectivity index (χ4n) is 4.50. The molecule has 0 N–H and O–H groups in total. The first-order valence-electron chi connectivity index (χ1n) is 11.6. The molecule has 1 atom stereocenters. The predicted octanol–water partition coefficient (Wildman–Crippen LogP) is 6.68. The van der Waals surface area contributed by atoms with Crippen molar-refractivity contribution in [1.82, 2.24) is 4.90 Å². The van der Waals surface area contributed by atoms with Crippen LogP contribution in [0.4, 0.5) is 0 Å². The zero-order chi connectivity index (χ0) is 23.2. The molecule has 0 bridgehead atoms. The highest BCUT2D eigenvalue weighted by Crippen LogP contribution is 2.42. The van der Waals surface area contributed by atoms with E-state index in [-0.39, 0.29) is 6.04 Å². The van der Waals surface area contributed by atoms with Gasteiger partial charge in [0, 0.05) is 18.1 Å². The Kier molecular flexibility index (Phi) is 7.79. The highest BCUT2D eigenvalue weighted by Gasteiger charge is 2.30. The predicted molar refractivity (Wildman–Crippen MR) is 134 cm³/mol. The lowest BCUT2D eigenvalue weighted by atomic mass is 9.87. The molecule has 174 valence electrons. The maximum absolute atomic E-state index is 6.40. The first kappa shape index (κ1) is 23.5. The van der Waals surface area contributed by atoms with Crippen LogP contribution in [0.15, 0.2) is 60.7 Å². The molecule has 33 heavy (non-hydrogen) atoms. The first-order chi connectivity index (χ1) is 16.1. The average molecular weight is 466 g/mol. The molecule has 0 amide bonds. The van der Waals surface area contributed by atoms with Crippen LogP contribution in [0, 0.1) is 0 Å². The Labute approximate surface area is 202 Å². The highest BCUT2D eigenvalue weighted by atomic mass is 35.5. The Morgan fingerprint density at radius 3 is 2.42 bits per heavy atom. The summed E-state index contributed by atoms with van der Waals surface area (Å²) in [6.07, 6.45) is 3.16. The number of methoxy groups -OCH3 is 2. The summed E-state index contributed by atoms with van der Waals surface area (Å²) in [6, 6.07) is 21.0. The molecule has 0 aromatic heterocycles. The van der Waals surface area contributed by atoms with E-state index in [1.807, 2.05) is 12.1 Å². The number of hydrogen-bond acceptors (Lipinski definition) is 4. The molecule has 0 saturated carbocycles. The van der Waals surface area contributed by atoms with Crippen LogP contribution in [0.3, 0.4) is 0 Å². The minimum absolute atomic E-state index is 0.0766. The fourth-order valence-corrected chi connectivity index (χ4v) is 4.69. The maximum Gasteiger partial charge on any atom is 0.161 e. The molecule has 1 aliphatic rings. The Balaban J connectivity index is 1.65. The summed E-state index contributed by atoms with van der Waals surface area (Å²) in [5, 5.41) is 0.744. The quantitative estimate of drug-likeness (QED) is 0.329. The normalized spacial score (nSPS) is 15.7. The van der Waals surface area contributed by atoms with E-state index in [9.17, 15) is 0 Å². The van der Waals surface area contributed by atoms with Crippen molar-refractivity contribution in [2.75, 3.05) is 27.4 Å². The summed E-state index contributed by atoms with van der Waals surface area (Å²) >= 11 is 6.40. The van der Waals surface area contributed by atoms with Gasteiger partial charge in [-0.05, 0) is 71.5 Å². The second-order valence-corrected chi connectivity index (χ2v) is 8.87. The number of fused-ring (bicyclic) bond motifs is 1. The molecular weight excluding hydrogens is 434 g/mol. The third-order valence-corrected chi connectivity index (χ3v) is 6.45. The molecule has 0 fully saturated rings. The van der Waals surface area contributed by atoms with Gasteiger partial charge in [-0.3, -0.25) is 4.90 Å². The van der Waals surface area contributed by atoms with Crippen LogP contribution >= 0.6 is 11.6 Å². The Bertz CT molecular complexity index is 1070. The zero-order valence-electron chi connectivity index (χ0n) is 19.6. The molecule has 4 rings (SSSR count). The highest BCUT2D eigenvalue weighted by molar-refractivity contribution is 6.30. The van der Waals surface area contributed by atoms with Crippen LogP contribution in [0.1, 0.15) is 48.1 Å². The Morgan fingerprint density at radius 2 is 1.73 bits per heavy atom. The van der Waals surface area contributed by atoms with Gasteiger partial charge >= 0.3 is 0 Å². The lowest BCUT2D eigenvalue weighted by Crippen LogP contribution is -2.35. The second-order valence-electron chi connectivity index (χ2n) is 8.43. The van der Waals surface area contributed by atoms with Gasteiger partial charge in [0.25, 0.3) is 0 Å². The van der Waals surface area contributed by atoms with E-state index in [2.05, 4.69) is 60.4 Å². The summed E-state index contributed by atoms with van der Waals surface area (Å²) in [4.78, 5) is 2.51. The summed E-state index contributed by atoms with van der Waals surface area (Å²) in [6.45, 7) is 4.71. The maximum atomic E-state index is 6.40. The van der Waals surface area contributed by atoms with Crippen molar-refractivity contribution in [2.24, 2.45) is 0 Å². The lowest BCUT2D eigenvalue weighted by molar-refractivity contribution is 0.203. The molecule has 0 aliphatic carbocycles. The molecule has 3 aromatic rings. The van der Waals surface area contributed by atoms with Crippen LogP contribution in [0.25, 0.3) is 0 Å². The van der Waals surface area contributed by atoms with E-state index in [4.69, 9.17) is 25.8 Å². The molecule has 3 aromatic carbocycles. The van der Waals surface area contributed by atoms with Gasteiger partial charge in [-0.2, -0.15) is 0 Å². The number of ether oxygens (including phenoxy) is 3. The fraction of sp³-hybridized carbons (Fsp3) is 0.357. The molecule has 5 heteroatoms. The number of nitrogens with zero attached hydrogens (tertiary/aromatic N) is 1. The average Bonchev–Trinajstić information content (AvgIpc) is 2.84. The van der Waals surface area contributed by atoms with Gasteiger partial charge in [-0.25, -0.2) is 0 Å². The number of rotatable bonds is 9. The summed E-state index contributed by atoms with van der Waals surface area (Å²) in [5.74, 6) is 2.45. The van der Waals surface area contributed by atoms with E-state index in [1.54, 1.807) is 14.2 Å². The minimum Gasteiger partial charge on any atom is -0.494 e. The van der Waals surface area contributed by atoms with Gasteiger partial charge in [0.05, 0.1) is 26.9 Å². The molecule has 1 heterocycles. The topological polar surface area (TPSA) is 30.9 Å². The lowest BCUT2D eigenvalue weighted by Gasteiger charge is -2.38. The largest absolute Gasteiger partial charge is 0.494 e. The van der Waals surface area contributed by atoms with Crippen LogP contribution in [0.2, 0.25) is 5.02 Å². The van der Waals surface area contributed by atoms with Crippen molar-refractivity contribution in [1.29, 1.82) is 0 Å². The van der Waals surface area contributed by atoms with Gasteiger partial charge in [0.1, 0.15) is 5.75 Å². The molecular formula is C28H32ClNO3. The molecule has 0 unspecified atom stereocenters. The van der Waals surface area contributed by atoms with E-state index < -0.39 is 0 Å². The second kappa shape index (κ2) is 11.0. The van der Waals surface area contributed by atoms with E-state index in [1.165, 1.54) is 22.3 Å². The van der Waals surface area contributed by atoms with Crippen molar-refractivity contribution >= 4 is 11.6 Å². The smallest absolute Gasteiger partial charge is 0.161 e. The molecule has 1 aliphatic heterocycles. The van der Waals surface area contributed by atoms with Crippen molar-refractivity contribution in [3.63, 3.8) is 0 Å². The third-order valence-electron chi connectivity index (χ3n) is 6.21. The molecule has 0 spiro atoms. The number of unbranched alkanes of at least 4 members (excludes halogenated alkanes) is 1. The minimum atomic E-state index is 0.0766. The van der Waals surface area contributed by atoms with Crippen molar-refractivity contribution in [3.8, 4) is 17.2 Å². The SMILES string of the molecule is CCCCOc1ccc(CN2CCc3cc(OC)c(OC)cc3[C@H]2c2cccc(Cl)c2)cc1. The van der Waals surface area contributed by atoms with Crippen LogP contribution in [-0.4, -0.2) is 32.3 Å². The summed E-state index contributed by atoms with van der Waals surface area (Å²) in [7, 11) is 3.37. The third kappa shape index (κ3) is 5.45. The van der Waals surface area contributed by atoms with Gasteiger partial charge < -0.3 is 14.2 Å². The van der Waals surface area contributed by atoms with Crippen molar-refractivity contribution in [2.45, 2.75) is 38.8 Å². The monoisotopic (exact) mass is 465 g/mol. The van der Waals surface area contributed by atoms with Crippen LogP contribution in [0.5, 0.6) is 17.2 Å². The number of hydrogen-bond donors (Lipinski definition) is 0. The number of benzene rings is 3. The van der Waals surface area contributed by atoms with Gasteiger partial charge in [0.15, 0.2) is 11.5 Å². The van der Waals surface area contributed by atoms with Gasteiger partial charge in [-0.1, -0.05) is 49.2 Å².